The summed E-state index contributed by atoms with van der Waals surface area (Å²) in [7, 11) is 1.52. The van der Waals surface area contributed by atoms with Crippen molar-refractivity contribution in [2.75, 3.05) is 7.11 Å². The molecule has 0 radical (unpaired) electrons. The molecule has 2 aromatic rings. The van der Waals surface area contributed by atoms with E-state index in [0.717, 1.165) is 10.4 Å². The molecule has 0 saturated carbocycles. The van der Waals surface area contributed by atoms with Crippen molar-refractivity contribution < 1.29 is 9.84 Å². The van der Waals surface area contributed by atoms with Crippen molar-refractivity contribution in [3.8, 4) is 11.5 Å². The van der Waals surface area contributed by atoms with Crippen LogP contribution in [-0.4, -0.2) is 12.2 Å². The lowest BCUT2D eigenvalue weighted by atomic mass is 10.1. The summed E-state index contributed by atoms with van der Waals surface area (Å²) in [6, 6.07) is 8.97. The van der Waals surface area contributed by atoms with Gasteiger partial charge in [-0.2, -0.15) is 0 Å². The molecule has 2 rings (SSSR count). The zero-order valence-corrected chi connectivity index (χ0v) is 10.9. The topological polar surface area (TPSA) is 55.5 Å². The number of rotatable bonds is 3. The van der Waals surface area contributed by atoms with Gasteiger partial charge in [0.1, 0.15) is 0 Å². The summed E-state index contributed by atoms with van der Waals surface area (Å²) in [5.41, 5.74) is 6.96. The van der Waals surface area contributed by atoms with Crippen molar-refractivity contribution in [3.63, 3.8) is 0 Å². The van der Waals surface area contributed by atoms with E-state index in [4.69, 9.17) is 10.5 Å². The standard InChI is InChI=1S/C12H13NO2S.ClH/c1-15-10-5-4-8(7-9(10)14)12(13)11-3-2-6-16-11;/h2-7,12,14H,13H2,1H3;1H/t12-;/m0./s1. The van der Waals surface area contributed by atoms with Crippen LogP contribution < -0.4 is 10.5 Å². The van der Waals surface area contributed by atoms with Crippen LogP contribution >= 0.6 is 23.7 Å². The Hall–Kier alpha value is -1.23. The fraction of sp³-hybridized carbons (Fsp3) is 0.167. The fourth-order valence-corrected chi connectivity index (χ4v) is 2.29. The van der Waals surface area contributed by atoms with Crippen LogP contribution in [-0.2, 0) is 0 Å². The summed E-state index contributed by atoms with van der Waals surface area (Å²) in [5, 5.41) is 11.6. The molecule has 0 spiro atoms. The lowest BCUT2D eigenvalue weighted by Crippen LogP contribution is -2.09. The Morgan fingerprint density at radius 1 is 1.35 bits per heavy atom. The maximum absolute atomic E-state index is 9.66. The Labute approximate surface area is 110 Å². The first-order valence-electron chi connectivity index (χ1n) is 4.88. The highest BCUT2D eigenvalue weighted by Crippen LogP contribution is 2.31. The molecule has 0 amide bonds. The lowest BCUT2D eigenvalue weighted by molar-refractivity contribution is 0.373. The number of aromatic hydroxyl groups is 1. The van der Waals surface area contributed by atoms with Crippen molar-refractivity contribution in [2.24, 2.45) is 5.73 Å². The number of hydrogen-bond acceptors (Lipinski definition) is 4. The van der Waals surface area contributed by atoms with E-state index >= 15 is 0 Å². The first kappa shape index (κ1) is 13.8. The van der Waals surface area contributed by atoms with Crippen LogP contribution in [0.3, 0.4) is 0 Å². The molecule has 1 aromatic heterocycles. The van der Waals surface area contributed by atoms with Gasteiger partial charge in [0.2, 0.25) is 0 Å². The number of phenolic OH excluding ortho intramolecular Hbond substituents is 1. The third-order valence-corrected chi connectivity index (χ3v) is 3.37. The molecule has 1 heterocycles. The maximum atomic E-state index is 9.66. The van der Waals surface area contributed by atoms with Crippen molar-refractivity contribution in [1.82, 2.24) is 0 Å². The molecule has 17 heavy (non-hydrogen) atoms. The Morgan fingerprint density at radius 3 is 2.65 bits per heavy atom. The highest BCUT2D eigenvalue weighted by molar-refractivity contribution is 7.10. The number of thiophene rings is 1. The third kappa shape index (κ3) is 2.91. The molecule has 0 saturated heterocycles. The first-order chi connectivity index (χ1) is 7.72. The molecule has 0 aliphatic carbocycles. The van der Waals surface area contributed by atoms with E-state index in [1.807, 2.05) is 23.6 Å². The van der Waals surface area contributed by atoms with E-state index in [1.54, 1.807) is 23.5 Å². The van der Waals surface area contributed by atoms with Crippen LogP contribution in [0, 0.1) is 0 Å². The molecular weight excluding hydrogens is 258 g/mol. The predicted octanol–water partition coefficient (Wildman–Crippen LogP) is 2.93. The molecule has 3 N–H and O–H groups in total. The molecule has 0 bridgehead atoms. The number of nitrogens with two attached hydrogens (primary N) is 1. The number of ether oxygens (including phenoxy) is 1. The van der Waals surface area contributed by atoms with Crippen LogP contribution in [0.15, 0.2) is 35.7 Å². The largest absolute Gasteiger partial charge is 0.504 e. The van der Waals surface area contributed by atoms with Gasteiger partial charge in [0.25, 0.3) is 0 Å². The minimum Gasteiger partial charge on any atom is -0.504 e. The molecule has 0 aliphatic rings. The molecule has 3 nitrogen and oxygen atoms in total. The summed E-state index contributed by atoms with van der Waals surface area (Å²) in [4.78, 5) is 1.07. The minimum absolute atomic E-state index is 0. The molecule has 0 fully saturated rings. The van der Waals surface area contributed by atoms with Gasteiger partial charge >= 0.3 is 0 Å². The fourth-order valence-electron chi connectivity index (χ4n) is 1.53. The first-order valence-corrected chi connectivity index (χ1v) is 5.76. The number of phenols is 1. The summed E-state index contributed by atoms with van der Waals surface area (Å²) in [6.45, 7) is 0. The van der Waals surface area contributed by atoms with E-state index in [0.29, 0.717) is 5.75 Å². The van der Waals surface area contributed by atoms with Gasteiger partial charge in [0.05, 0.1) is 13.2 Å². The van der Waals surface area contributed by atoms with Gasteiger partial charge in [-0.05, 0) is 29.1 Å². The summed E-state index contributed by atoms with van der Waals surface area (Å²) >= 11 is 1.60. The van der Waals surface area contributed by atoms with Gasteiger partial charge in [-0.15, -0.1) is 23.7 Å². The SMILES string of the molecule is COc1ccc([C@H](N)c2cccs2)cc1O.Cl. The highest BCUT2D eigenvalue weighted by atomic mass is 35.5. The normalized spacial score (nSPS) is 11.6. The summed E-state index contributed by atoms with van der Waals surface area (Å²) in [5.74, 6) is 0.578. The van der Waals surface area contributed by atoms with E-state index in [2.05, 4.69) is 0 Å². The van der Waals surface area contributed by atoms with Gasteiger partial charge < -0.3 is 15.6 Å². The Kier molecular flexibility index (Phi) is 4.81. The second-order valence-electron chi connectivity index (χ2n) is 3.42. The Bertz CT molecular complexity index is 473. The highest BCUT2D eigenvalue weighted by Gasteiger charge is 2.12. The quantitative estimate of drug-likeness (QED) is 0.902. The predicted molar refractivity (Wildman–Crippen MR) is 72.3 cm³/mol. The van der Waals surface area contributed by atoms with E-state index < -0.39 is 0 Å². The summed E-state index contributed by atoms with van der Waals surface area (Å²) in [6.07, 6.45) is 0. The zero-order valence-electron chi connectivity index (χ0n) is 9.29. The molecule has 1 atom stereocenters. The van der Waals surface area contributed by atoms with E-state index in [-0.39, 0.29) is 24.2 Å². The average Bonchev–Trinajstić information content (AvgIpc) is 2.81. The lowest BCUT2D eigenvalue weighted by Gasteiger charge is -2.11. The second-order valence-corrected chi connectivity index (χ2v) is 4.40. The Balaban J connectivity index is 0.00000144. The number of benzene rings is 1. The van der Waals surface area contributed by atoms with E-state index in [9.17, 15) is 5.11 Å². The third-order valence-electron chi connectivity index (χ3n) is 2.41. The van der Waals surface area contributed by atoms with Gasteiger partial charge in [0, 0.05) is 4.88 Å². The van der Waals surface area contributed by atoms with Crippen molar-refractivity contribution in [1.29, 1.82) is 0 Å². The van der Waals surface area contributed by atoms with Crippen LogP contribution in [0.1, 0.15) is 16.5 Å². The number of halogens is 1. The van der Waals surface area contributed by atoms with Gasteiger partial charge in [0.15, 0.2) is 11.5 Å². The molecule has 5 heteroatoms. The molecular formula is C12H14ClNO2S. The summed E-state index contributed by atoms with van der Waals surface area (Å²) < 4.78 is 4.98. The van der Waals surface area contributed by atoms with Gasteiger partial charge in [-0.1, -0.05) is 12.1 Å². The Morgan fingerprint density at radius 2 is 2.12 bits per heavy atom. The van der Waals surface area contributed by atoms with Crippen LogP contribution in [0.4, 0.5) is 0 Å². The molecule has 0 unspecified atom stereocenters. The smallest absolute Gasteiger partial charge is 0.160 e. The van der Waals surface area contributed by atoms with Crippen LogP contribution in [0.2, 0.25) is 0 Å². The van der Waals surface area contributed by atoms with Crippen molar-refractivity contribution >= 4 is 23.7 Å². The molecule has 92 valence electrons. The molecule has 1 aromatic carbocycles. The van der Waals surface area contributed by atoms with E-state index in [1.165, 1.54) is 7.11 Å². The van der Waals surface area contributed by atoms with Gasteiger partial charge in [-0.25, -0.2) is 0 Å². The maximum Gasteiger partial charge on any atom is 0.160 e. The van der Waals surface area contributed by atoms with Crippen molar-refractivity contribution in [3.05, 3.63) is 46.2 Å². The van der Waals surface area contributed by atoms with Crippen LogP contribution in [0.5, 0.6) is 11.5 Å². The number of methoxy groups -OCH3 is 1. The number of hydrogen-bond donors (Lipinski definition) is 2. The second kappa shape index (κ2) is 5.91. The van der Waals surface area contributed by atoms with Crippen LogP contribution in [0.25, 0.3) is 0 Å². The minimum atomic E-state index is -0.197. The zero-order chi connectivity index (χ0) is 11.5. The molecule has 0 aliphatic heterocycles. The average molecular weight is 272 g/mol. The monoisotopic (exact) mass is 271 g/mol. The van der Waals surface area contributed by atoms with Gasteiger partial charge in [-0.3, -0.25) is 0 Å². The van der Waals surface area contributed by atoms with Crippen molar-refractivity contribution in [2.45, 2.75) is 6.04 Å².